The number of hydrogen-bond donors (Lipinski definition) is 1. The maximum Gasteiger partial charge on any atom is 0.0500 e. The van der Waals surface area contributed by atoms with Gasteiger partial charge in [-0.3, -0.25) is 0 Å². The third kappa shape index (κ3) is 6.39. The molecule has 0 saturated carbocycles. The van der Waals surface area contributed by atoms with E-state index in [1.807, 2.05) is 0 Å². The maximum absolute atomic E-state index is 5.19. The molecule has 3 nitrogen and oxygen atoms in total. The van der Waals surface area contributed by atoms with Crippen molar-refractivity contribution in [3.8, 4) is 0 Å². The maximum atomic E-state index is 5.19. The fourth-order valence-electron chi connectivity index (χ4n) is 2.47. The quantitative estimate of drug-likeness (QED) is 0.771. The lowest BCUT2D eigenvalue weighted by molar-refractivity contribution is 0.136. The molecule has 0 aromatic rings. The van der Waals surface area contributed by atoms with Crippen LogP contribution in [0.2, 0.25) is 0 Å². The van der Waals surface area contributed by atoms with E-state index in [1.165, 1.54) is 26.1 Å². The molecule has 3 heteroatoms. The molecule has 0 radical (unpaired) electrons. The Morgan fingerprint density at radius 3 is 2.71 bits per heavy atom. The van der Waals surface area contributed by atoms with Crippen LogP contribution in [0.15, 0.2) is 0 Å². The summed E-state index contributed by atoms with van der Waals surface area (Å²) >= 11 is 0. The van der Waals surface area contributed by atoms with Gasteiger partial charge in [-0.15, -0.1) is 0 Å². The Morgan fingerprint density at radius 1 is 1.41 bits per heavy atom. The minimum absolute atomic E-state index is 0.247. The van der Waals surface area contributed by atoms with Gasteiger partial charge in [0.1, 0.15) is 0 Å². The van der Waals surface area contributed by atoms with E-state index in [4.69, 9.17) is 4.74 Å². The Kier molecular flexibility index (Phi) is 5.90. The summed E-state index contributed by atoms with van der Waals surface area (Å²) in [4.78, 5) is 2.58. The summed E-state index contributed by atoms with van der Waals surface area (Å²) < 4.78 is 5.19. The topological polar surface area (TPSA) is 24.5 Å². The predicted octanol–water partition coefficient (Wildman–Crippen LogP) is 1.98. The van der Waals surface area contributed by atoms with E-state index in [0.717, 1.165) is 19.1 Å². The molecule has 0 amide bonds. The van der Waals surface area contributed by atoms with Crippen LogP contribution in [0.3, 0.4) is 0 Å². The third-order valence-electron chi connectivity index (χ3n) is 3.31. The number of likely N-dealkylation sites (tertiary alicyclic amines) is 1. The van der Waals surface area contributed by atoms with Crippen molar-refractivity contribution in [1.82, 2.24) is 10.2 Å². The van der Waals surface area contributed by atoms with Crippen LogP contribution in [0.25, 0.3) is 0 Å². The molecular weight excluding hydrogens is 212 g/mol. The average Bonchev–Trinajstić information content (AvgIpc) is 2.62. The van der Waals surface area contributed by atoms with Crippen molar-refractivity contribution in [1.29, 1.82) is 0 Å². The van der Waals surface area contributed by atoms with E-state index in [9.17, 15) is 0 Å². The smallest absolute Gasteiger partial charge is 0.0500 e. The van der Waals surface area contributed by atoms with Crippen molar-refractivity contribution in [2.75, 3.05) is 39.9 Å². The number of methoxy groups -OCH3 is 1. The van der Waals surface area contributed by atoms with Crippen molar-refractivity contribution in [3.05, 3.63) is 0 Å². The lowest BCUT2D eigenvalue weighted by Crippen LogP contribution is -2.40. The van der Waals surface area contributed by atoms with Gasteiger partial charge in [0.15, 0.2) is 0 Å². The minimum Gasteiger partial charge on any atom is -0.384 e. The Bertz CT molecular complexity index is 213. The van der Waals surface area contributed by atoms with Crippen LogP contribution in [-0.2, 0) is 4.74 Å². The number of rotatable bonds is 6. The molecule has 0 aliphatic carbocycles. The average molecular weight is 242 g/mol. The highest BCUT2D eigenvalue weighted by atomic mass is 16.5. The van der Waals surface area contributed by atoms with Crippen molar-refractivity contribution in [3.63, 3.8) is 0 Å². The molecule has 1 saturated heterocycles. The van der Waals surface area contributed by atoms with Gasteiger partial charge < -0.3 is 15.0 Å². The summed E-state index contributed by atoms with van der Waals surface area (Å²) in [6, 6.07) is 0. The molecule has 1 N–H and O–H groups in total. The van der Waals surface area contributed by atoms with Crippen molar-refractivity contribution < 1.29 is 4.74 Å². The van der Waals surface area contributed by atoms with E-state index in [-0.39, 0.29) is 5.54 Å². The molecule has 0 spiro atoms. The third-order valence-corrected chi connectivity index (χ3v) is 3.31. The van der Waals surface area contributed by atoms with E-state index >= 15 is 0 Å². The molecule has 102 valence electrons. The Labute approximate surface area is 107 Å². The Balaban J connectivity index is 2.18. The molecule has 0 aromatic carbocycles. The second-order valence-electron chi connectivity index (χ2n) is 6.61. The summed E-state index contributed by atoms with van der Waals surface area (Å²) in [5.74, 6) is 1.47. The van der Waals surface area contributed by atoms with Crippen LogP contribution < -0.4 is 5.32 Å². The second-order valence-corrected chi connectivity index (χ2v) is 6.61. The minimum atomic E-state index is 0.247. The van der Waals surface area contributed by atoms with Gasteiger partial charge in [0.05, 0.1) is 0 Å². The van der Waals surface area contributed by atoms with Crippen LogP contribution in [0, 0.1) is 11.8 Å². The van der Waals surface area contributed by atoms with Crippen LogP contribution in [0.1, 0.15) is 34.1 Å². The Morgan fingerprint density at radius 2 is 2.12 bits per heavy atom. The number of nitrogens with zero attached hydrogens (tertiary/aromatic N) is 1. The summed E-state index contributed by atoms with van der Waals surface area (Å²) in [6.07, 6.45) is 1.34. The van der Waals surface area contributed by atoms with Gasteiger partial charge in [0.25, 0.3) is 0 Å². The lowest BCUT2D eigenvalue weighted by Gasteiger charge is -2.24. The van der Waals surface area contributed by atoms with E-state index in [0.29, 0.717) is 5.92 Å². The molecule has 2 unspecified atom stereocenters. The zero-order valence-electron chi connectivity index (χ0n) is 12.3. The van der Waals surface area contributed by atoms with Crippen LogP contribution in [0.5, 0.6) is 0 Å². The van der Waals surface area contributed by atoms with Crippen LogP contribution in [0.4, 0.5) is 0 Å². The van der Waals surface area contributed by atoms with Crippen LogP contribution in [-0.4, -0.2) is 50.3 Å². The molecular formula is C14H30N2O. The largest absolute Gasteiger partial charge is 0.384 e. The first-order valence-corrected chi connectivity index (χ1v) is 6.87. The predicted molar refractivity (Wildman–Crippen MR) is 73.3 cm³/mol. The van der Waals surface area contributed by atoms with Crippen LogP contribution >= 0.6 is 0 Å². The van der Waals surface area contributed by atoms with Gasteiger partial charge in [-0.1, -0.05) is 6.92 Å². The molecule has 0 aromatic heterocycles. The van der Waals surface area contributed by atoms with E-state index < -0.39 is 0 Å². The standard InChI is InChI=1S/C14H30N2O/c1-12(11-17-5)9-16-7-6-13(10-16)8-15-14(2,3)4/h12-13,15H,6-11H2,1-5H3. The lowest BCUT2D eigenvalue weighted by atomic mass is 10.1. The monoisotopic (exact) mass is 242 g/mol. The SMILES string of the molecule is COCC(C)CN1CCC(CNC(C)(C)C)C1. The molecule has 1 aliphatic rings. The molecule has 17 heavy (non-hydrogen) atoms. The fourth-order valence-corrected chi connectivity index (χ4v) is 2.47. The summed E-state index contributed by atoms with van der Waals surface area (Å²) in [5.41, 5.74) is 0.247. The highest BCUT2D eigenvalue weighted by Gasteiger charge is 2.24. The van der Waals surface area contributed by atoms with Gasteiger partial charge in [0.2, 0.25) is 0 Å². The van der Waals surface area contributed by atoms with Crippen molar-refractivity contribution in [2.45, 2.75) is 39.7 Å². The number of hydrogen-bond acceptors (Lipinski definition) is 3. The summed E-state index contributed by atoms with van der Waals surface area (Å²) in [7, 11) is 1.79. The van der Waals surface area contributed by atoms with E-state index in [1.54, 1.807) is 7.11 Å². The highest BCUT2D eigenvalue weighted by molar-refractivity contribution is 4.81. The number of ether oxygens (including phenoxy) is 1. The number of nitrogens with one attached hydrogen (secondary N) is 1. The molecule has 1 rings (SSSR count). The highest BCUT2D eigenvalue weighted by Crippen LogP contribution is 2.17. The first-order chi connectivity index (χ1) is 7.90. The summed E-state index contributed by atoms with van der Waals surface area (Å²) in [6.45, 7) is 14.7. The molecule has 1 heterocycles. The Hall–Kier alpha value is -0.120. The van der Waals surface area contributed by atoms with Gasteiger partial charge in [-0.25, -0.2) is 0 Å². The first-order valence-electron chi connectivity index (χ1n) is 6.87. The molecule has 0 bridgehead atoms. The zero-order valence-corrected chi connectivity index (χ0v) is 12.3. The molecule has 1 aliphatic heterocycles. The van der Waals surface area contributed by atoms with Gasteiger partial charge in [0, 0.05) is 32.3 Å². The van der Waals surface area contributed by atoms with Gasteiger partial charge >= 0.3 is 0 Å². The van der Waals surface area contributed by atoms with Crippen molar-refractivity contribution in [2.24, 2.45) is 11.8 Å². The van der Waals surface area contributed by atoms with E-state index in [2.05, 4.69) is 37.9 Å². The molecule has 1 fully saturated rings. The second kappa shape index (κ2) is 6.72. The zero-order chi connectivity index (χ0) is 12.9. The molecule has 2 atom stereocenters. The normalized spacial score (nSPS) is 24.2. The van der Waals surface area contributed by atoms with Gasteiger partial charge in [-0.2, -0.15) is 0 Å². The first kappa shape index (κ1) is 14.9. The fraction of sp³-hybridized carbons (Fsp3) is 1.00. The van der Waals surface area contributed by atoms with Gasteiger partial charge in [-0.05, 0) is 52.1 Å². The van der Waals surface area contributed by atoms with Crippen molar-refractivity contribution >= 4 is 0 Å². The summed E-state index contributed by atoms with van der Waals surface area (Å²) in [5, 5.41) is 3.61.